The van der Waals surface area contributed by atoms with Crippen LogP contribution in [-0.2, 0) is 14.3 Å². The molecule has 2 rings (SSSR count). The van der Waals surface area contributed by atoms with Crippen LogP contribution in [0.1, 0.15) is 96.0 Å². The van der Waals surface area contributed by atoms with Crippen molar-refractivity contribution in [2.24, 2.45) is 0 Å². The zero-order chi connectivity index (χ0) is 26.6. The van der Waals surface area contributed by atoms with Crippen molar-refractivity contribution in [3.8, 4) is 0 Å². The minimum Gasteiger partial charge on any atom is -0.465 e. The number of hydrogen-bond acceptors (Lipinski definition) is 4. The highest BCUT2D eigenvalue weighted by Crippen LogP contribution is 2.27. The summed E-state index contributed by atoms with van der Waals surface area (Å²) in [5.41, 5.74) is 1.80. The Hall–Kier alpha value is -2.79. The number of ether oxygens (including phenoxy) is 2. The first-order chi connectivity index (χ1) is 18.1. The van der Waals surface area contributed by atoms with Crippen molar-refractivity contribution in [2.75, 3.05) is 25.7 Å². The van der Waals surface area contributed by atoms with Gasteiger partial charge in [-0.1, -0.05) is 80.8 Å². The molecule has 1 aromatic carbocycles. The maximum absolute atomic E-state index is 12.5. The second kappa shape index (κ2) is 19.3. The summed E-state index contributed by atoms with van der Waals surface area (Å²) in [5, 5.41) is 0.988. The van der Waals surface area contributed by atoms with E-state index >= 15 is 0 Å². The van der Waals surface area contributed by atoms with Gasteiger partial charge in [0, 0.05) is 31.2 Å². The maximum atomic E-state index is 12.5. The first kappa shape index (κ1) is 30.4. The molecule has 0 fully saturated rings. The number of nitrogens with zero attached hydrogens (tertiary/aromatic N) is 1. The van der Waals surface area contributed by atoms with Crippen LogP contribution in [0.15, 0.2) is 66.9 Å². The van der Waals surface area contributed by atoms with Gasteiger partial charge in [-0.3, -0.25) is 9.47 Å². The Morgan fingerprint density at radius 1 is 0.865 bits per heavy atom. The van der Waals surface area contributed by atoms with Crippen LogP contribution in [0.4, 0.5) is 0 Å². The van der Waals surface area contributed by atoms with E-state index in [1.807, 2.05) is 37.4 Å². The molecule has 204 valence electrons. The van der Waals surface area contributed by atoms with Crippen molar-refractivity contribution >= 4 is 16.9 Å². The number of esters is 1. The summed E-state index contributed by atoms with van der Waals surface area (Å²) in [6.07, 6.45) is 27.9. The standard InChI is InChI=1S/C32H48N2O3/c1-3-4-5-6-7-8-9-10-11-12-13-14-15-16-17-20-24-36-25-21-26-37-32(35)28(2)30-27-34(33)31-23-19-18-22-29(30)31/h7-8,10-11,13-14,18-19,22-23,27-28H,3-6,9,12,15-17,20-21,24-26,33H2,1-2H3/b8-7-,11-10-,14-13-. The van der Waals surface area contributed by atoms with Crippen LogP contribution in [0.3, 0.4) is 0 Å². The molecule has 0 bridgehead atoms. The van der Waals surface area contributed by atoms with Gasteiger partial charge in [-0.2, -0.15) is 0 Å². The molecule has 37 heavy (non-hydrogen) atoms. The van der Waals surface area contributed by atoms with E-state index in [2.05, 4.69) is 43.4 Å². The Labute approximate surface area is 224 Å². The van der Waals surface area contributed by atoms with Gasteiger partial charge in [0.1, 0.15) is 0 Å². The van der Waals surface area contributed by atoms with Gasteiger partial charge in [-0.25, -0.2) is 0 Å². The number of benzene rings is 1. The van der Waals surface area contributed by atoms with Gasteiger partial charge in [0.25, 0.3) is 0 Å². The van der Waals surface area contributed by atoms with Crippen LogP contribution in [0.2, 0.25) is 0 Å². The number of carbonyl (C=O) groups excluding carboxylic acids is 1. The summed E-state index contributed by atoms with van der Waals surface area (Å²) >= 11 is 0. The predicted octanol–water partition coefficient (Wildman–Crippen LogP) is 8.00. The molecular formula is C32H48N2O3. The number of unbranched alkanes of at least 4 members (excludes halogenated alkanes) is 6. The highest BCUT2D eigenvalue weighted by molar-refractivity contribution is 5.90. The lowest BCUT2D eigenvalue weighted by molar-refractivity contribution is -0.145. The number of rotatable bonds is 20. The highest BCUT2D eigenvalue weighted by atomic mass is 16.5. The molecule has 1 heterocycles. The van der Waals surface area contributed by atoms with Crippen molar-refractivity contribution in [1.29, 1.82) is 0 Å². The van der Waals surface area contributed by atoms with E-state index in [1.54, 1.807) is 4.68 Å². The molecule has 0 aliphatic carbocycles. The molecule has 0 aliphatic rings. The van der Waals surface area contributed by atoms with Crippen molar-refractivity contribution in [3.05, 3.63) is 72.5 Å². The molecule has 5 heteroatoms. The summed E-state index contributed by atoms with van der Waals surface area (Å²) in [5.74, 6) is 5.43. The lowest BCUT2D eigenvalue weighted by Crippen LogP contribution is -2.15. The Bertz CT molecular complexity index is 974. The third-order valence-corrected chi connectivity index (χ3v) is 6.45. The largest absolute Gasteiger partial charge is 0.465 e. The third-order valence-electron chi connectivity index (χ3n) is 6.45. The second-order valence-electron chi connectivity index (χ2n) is 9.59. The number of carbonyl (C=O) groups is 1. The molecule has 1 aromatic heterocycles. The van der Waals surface area contributed by atoms with Crippen molar-refractivity contribution < 1.29 is 14.3 Å². The number of hydrogen-bond donors (Lipinski definition) is 1. The fraction of sp³-hybridized carbons (Fsp3) is 0.531. The fourth-order valence-corrected chi connectivity index (χ4v) is 4.20. The number of para-hydroxylation sites is 1. The van der Waals surface area contributed by atoms with E-state index in [-0.39, 0.29) is 11.9 Å². The minimum absolute atomic E-state index is 0.227. The summed E-state index contributed by atoms with van der Waals surface area (Å²) in [7, 11) is 0. The van der Waals surface area contributed by atoms with Gasteiger partial charge >= 0.3 is 5.97 Å². The Morgan fingerprint density at radius 3 is 2.24 bits per heavy atom. The Morgan fingerprint density at radius 2 is 1.51 bits per heavy atom. The lowest BCUT2D eigenvalue weighted by atomic mass is 10.0. The first-order valence-electron chi connectivity index (χ1n) is 14.2. The SMILES string of the molecule is CCCCC/C=C\C/C=C\C/C=C\CCCCCOCCCOC(=O)C(C)c1cn(N)c2ccccc12. The maximum Gasteiger partial charge on any atom is 0.313 e. The molecule has 0 spiro atoms. The zero-order valence-electron chi connectivity index (χ0n) is 23.1. The van der Waals surface area contributed by atoms with E-state index < -0.39 is 0 Å². The molecule has 0 radical (unpaired) electrons. The molecule has 0 saturated heterocycles. The highest BCUT2D eigenvalue weighted by Gasteiger charge is 2.21. The average Bonchev–Trinajstić information content (AvgIpc) is 3.25. The molecule has 0 aliphatic heterocycles. The average molecular weight is 509 g/mol. The number of nitrogen functional groups attached to an aromatic ring is 1. The molecule has 5 nitrogen and oxygen atoms in total. The number of nitrogens with two attached hydrogens (primary N) is 1. The molecule has 1 atom stereocenters. The topological polar surface area (TPSA) is 66.5 Å². The minimum atomic E-state index is -0.358. The fourth-order valence-electron chi connectivity index (χ4n) is 4.20. The zero-order valence-corrected chi connectivity index (χ0v) is 23.1. The lowest BCUT2D eigenvalue weighted by Gasteiger charge is -2.11. The van der Waals surface area contributed by atoms with E-state index in [0.29, 0.717) is 19.6 Å². The predicted molar refractivity (Wildman–Crippen MR) is 156 cm³/mol. The van der Waals surface area contributed by atoms with E-state index in [0.717, 1.165) is 48.8 Å². The van der Waals surface area contributed by atoms with Crippen LogP contribution in [-0.4, -0.2) is 30.5 Å². The smallest absolute Gasteiger partial charge is 0.313 e. The van der Waals surface area contributed by atoms with Crippen molar-refractivity contribution in [2.45, 2.75) is 90.4 Å². The van der Waals surface area contributed by atoms with Crippen LogP contribution in [0, 0.1) is 0 Å². The van der Waals surface area contributed by atoms with Crippen molar-refractivity contribution in [1.82, 2.24) is 4.68 Å². The first-order valence-corrected chi connectivity index (χ1v) is 14.2. The van der Waals surface area contributed by atoms with E-state index in [1.165, 1.54) is 38.5 Å². The Kier molecular flexibility index (Phi) is 15.9. The molecular weight excluding hydrogens is 460 g/mol. The Balaban J connectivity index is 1.41. The summed E-state index contributed by atoms with van der Waals surface area (Å²) in [6.45, 7) is 5.86. The van der Waals surface area contributed by atoms with Crippen LogP contribution < -0.4 is 5.84 Å². The number of fused-ring (bicyclic) bond motifs is 1. The van der Waals surface area contributed by atoms with Gasteiger partial charge < -0.3 is 15.3 Å². The van der Waals surface area contributed by atoms with Crippen LogP contribution >= 0.6 is 0 Å². The molecule has 2 aromatic rings. The molecule has 0 saturated carbocycles. The van der Waals surface area contributed by atoms with Crippen molar-refractivity contribution in [3.63, 3.8) is 0 Å². The summed E-state index contributed by atoms with van der Waals surface area (Å²) in [6, 6.07) is 7.81. The molecule has 1 unspecified atom stereocenters. The summed E-state index contributed by atoms with van der Waals surface area (Å²) in [4.78, 5) is 12.5. The van der Waals surface area contributed by atoms with E-state index in [9.17, 15) is 4.79 Å². The molecule has 0 amide bonds. The second-order valence-corrected chi connectivity index (χ2v) is 9.59. The summed E-state index contributed by atoms with van der Waals surface area (Å²) < 4.78 is 12.7. The van der Waals surface area contributed by atoms with Gasteiger partial charge in [0.2, 0.25) is 0 Å². The van der Waals surface area contributed by atoms with Gasteiger partial charge in [0.15, 0.2) is 0 Å². The van der Waals surface area contributed by atoms with Crippen LogP contribution in [0.5, 0.6) is 0 Å². The quantitative estimate of drug-likeness (QED) is 0.0851. The monoisotopic (exact) mass is 508 g/mol. The van der Waals surface area contributed by atoms with Gasteiger partial charge in [-0.05, 0) is 63.5 Å². The van der Waals surface area contributed by atoms with E-state index in [4.69, 9.17) is 15.3 Å². The number of aromatic nitrogens is 1. The number of allylic oxidation sites excluding steroid dienone is 6. The van der Waals surface area contributed by atoms with Gasteiger partial charge in [0.05, 0.1) is 18.0 Å². The molecule has 2 N–H and O–H groups in total. The van der Waals surface area contributed by atoms with Crippen LogP contribution in [0.25, 0.3) is 10.9 Å². The normalized spacial score (nSPS) is 12.9. The third kappa shape index (κ3) is 12.3. The van der Waals surface area contributed by atoms with Gasteiger partial charge in [-0.15, -0.1) is 0 Å².